The van der Waals surface area contributed by atoms with E-state index < -0.39 is 0 Å². The Bertz CT molecular complexity index is 47.0. The summed E-state index contributed by atoms with van der Waals surface area (Å²) >= 11 is 0.692. The first-order valence-electron chi connectivity index (χ1n) is 2.90. The minimum Gasteiger partial charge on any atom is -0.114 e. The molecule has 0 heterocycles. The maximum Gasteiger partial charge on any atom is 0.208 e. The van der Waals surface area contributed by atoms with Gasteiger partial charge < -0.3 is 0 Å². The molecule has 0 aromatic carbocycles. The quantitative estimate of drug-likeness (QED) is 0.563. The van der Waals surface area contributed by atoms with Gasteiger partial charge in [-0.1, -0.05) is 32.0 Å². The highest BCUT2D eigenvalue weighted by molar-refractivity contribution is 8.93. The molecule has 0 aromatic rings. The number of halogens is 1. The van der Waals surface area contributed by atoms with E-state index in [0.29, 0.717) is 19.5 Å². The zero-order valence-corrected chi connectivity index (χ0v) is 9.06. The molecule has 2 heteroatoms. The summed E-state index contributed by atoms with van der Waals surface area (Å²) in [5, 5.41) is 1.39. The third-order valence-corrected chi connectivity index (χ3v) is 2.45. The molecule has 0 unspecified atom stereocenters. The normalized spacial score (nSPS) is 10.0. The van der Waals surface area contributed by atoms with E-state index in [1.807, 2.05) is 0 Å². The summed E-state index contributed by atoms with van der Waals surface area (Å²) in [5.74, 6) is 0. The molecule has 0 spiro atoms. The second kappa shape index (κ2) is 4.85. The molecule has 1 radical (unpaired) electrons. The molecular weight excluding hydrogens is 179 g/mol. The van der Waals surface area contributed by atoms with Crippen LogP contribution in [0, 0.1) is 0 Å². The molecule has 0 saturated heterocycles. The molecule has 0 aromatic heterocycles. The zero-order chi connectivity index (χ0) is 5.91. The van der Waals surface area contributed by atoms with Gasteiger partial charge in [0.2, 0.25) is 15.2 Å². The Kier molecular flexibility index (Phi) is 7.13. The molecule has 0 N–H and O–H groups in total. The summed E-state index contributed by atoms with van der Waals surface area (Å²) in [7, 11) is 0. The number of rotatable bonds is 1. The van der Waals surface area contributed by atoms with Crippen molar-refractivity contribution < 1.29 is 0 Å². The first kappa shape index (κ1) is 11.8. The van der Waals surface area contributed by atoms with E-state index in [-0.39, 0.29) is 17.0 Å². The van der Waals surface area contributed by atoms with E-state index in [1.165, 1.54) is 5.28 Å². The van der Waals surface area contributed by atoms with E-state index in [1.54, 1.807) is 0 Å². The van der Waals surface area contributed by atoms with E-state index in [4.69, 9.17) is 0 Å². The molecule has 49 valence electrons. The van der Waals surface area contributed by atoms with Crippen molar-refractivity contribution in [3.05, 3.63) is 0 Å². The molecule has 0 aliphatic rings. The van der Waals surface area contributed by atoms with Crippen LogP contribution in [-0.2, 0) is 0 Å². The van der Waals surface area contributed by atoms with Gasteiger partial charge >= 0.3 is 0 Å². The molecule has 0 fully saturated rings. The Balaban J connectivity index is 0. The lowest BCUT2D eigenvalue weighted by atomic mass is 10.2. The summed E-state index contributed by atoms with van der Waals surface area (Å²) in [6.07, 6.45) is 0. The van der Waals surface area contributed by atoms with Crippen molar-refractivity contribution in [2.24, 2.45) is 0 Å². The lowest BCUT2D eigenvalue weighted by molar-refractivity contribution is 0.750. The number of hydrogen-bond acceptors (Lipinski definition) is 0. The largest absolute Gasteiger partial charge is 0.208 e. The van der Waals surface area contributed by atoms with E-state index >= 15 is 0 Å². The lowest BCUT2D eigenvalue weighted by Gasteiger charge is -2.13. The first-order valence-corrected chi connectivity index (χ1v) is 4.30. The second-order valence-electron chi connectivity index (χ2n) is 2.98. The molecule has 0 nitrogen and oxygen atoms in total. The molecule has 0 bridgehead atoms. The Morgan fingerprint density at radius 3 is 1.62 bits per heavy atom. The second-order valence-corrected chi connectivity index (χ2v) is 5.94. The molecule has 0 aliphatic heterocycles. The third-order valence-electron chi connectivity index (χ3n) is 0.816. The molecular formula is C6H15AlBr. The molecule has 0 amide bonds. The van der Waals surface area contributed by atoms with Gasteiger partial charge in [-0.15, -0.1) is 22.3 Å². The smallest absolute Gasteiger partial charge is 0.114 e. The summed E-state index contributed by atoms with van der Waals surface area (Å²) in [6, 6.07) is 0. The molecule has 0 saturated carbocycles. The van der Waals surface area contributed by atoms with Crippen LogP contribution < -0.4 is 0 Å². The fourth-order valence-corrected chi connectivity index (χ4v) is 1.84. The summed E-state index contributed by atoms with van der Waals surface area (Å²) in [4.78, 5) is 0. The van der Waals surface area contributed by atoms with Crippen molar-refractivity contribution in [1.29, 1.82) is 0 Å². The van der Waals surface area contributed by atoms with Crippen molar-refractivity contribution in [3.63, 3.8) is 0 Å². The van der Waals surface area contributed by atoms with Crippen LogP contribution in [0.2, 0.25) is 9.56 Å². The Morgan fingerprint density at radius 1 is 1.25 bits per heavy atom. The van der Waals surface area contributed by atoms with Crippen molar-refractivity contribution in [2.75, 3.05) is 0 Å². The maximum absolute atomic E-state index is 2.31. The maximum atomic E-state index is 2.31. The summed E-state index contributed by atoms with van der Waals surface area (Å²) in [5.41, 5.74) is 0. The summed E-state index contributed by atoms with van der Waals surface area (Å²) < 4.78 is 0.634. The molecule has 0 aliphatic carbocycles. The number of hydrogen-bond donors (Lipinski definition) is 0. The molecule has 8 heavy (non-hydrogen) atoms. The predicted molar refractivity (Wildman–Crippen MR) is 46.3 cm³/mol. The van der Waals surface area contributed by atoms with Gasteiger partial charge in [0.25, 0.3) is 0 Å². The third kappa shape index (κ3) is 10.1. The van der Waals surface area contributed by atoms with Crippen molar-refractivity contribution in [2.45, 2.75) is 37.3 Å². The molecule has 0 atom stereocenters. The lowest BCUT2D eigenvalue weighted by Crippen LogP contribution is -2.05. The fourth-order valence-electron chi connectivity index (χ4n) is 0.612. The van der Waals surface area contributed by atoms with Gasteiger partial charge in [0, 0.05) is 0 Å². The fraction of sp³-hybridized carbons (Fsp3) is 1.00. The minimum absolute atomic E-state index is 0. The topological polar surface area (TPSA) is 0 Å². The average Bonchev–Trinajstić information content (AvgIpc) is 1.30. The van der Waals surface area contributed by atoms with E-state index in [0.717, 1.165) is 0 Å². The van der Waals surface area contributed by atoms with Crippen LogP contribution in [0.25, 0.3) is 0 Å². The van der Waals surface area contributed by atoms with Crippen molar-refractivity contribution in [1.82, 2.24) is 0 Å². The highest BCUT2D eigenvalue weighted by atomic mass is 79.9. The van der Waals surface area contributed by atoms with Gasteiger partial charge in [-0.2, -0.15) is 0 Å². The van der Waals surface area contributed by atoms with Crippen LogP contribution in [0.3, 0.4) is 0 Å². The van der Waals surface area contributed by atoms with E-state index in [9.17, 15) is 0 Å². The summed E-state index contributed by atoms with van der Waals surface area (Å²) in [6.45, 7) is 9.20. The molecule has 0 rings (SSSR count). The van der Waals surface area contributed by atoms with Crippen LogP contribution in [-0.4, -0.2) is 15.2 Å². The highest BCUT2D eigenvalue weighted by Crippen LogP contribution is 2.20. The van der Waals surface area contributed by atoms with E-state index in [2.05, 4.69) is 27.7 Å². The monoisotopic (exact) mass is 193 g/mol. The van der Waals surface area contributed by atoms with Crippen molar-refractivity contribution >= 4 is 32.2 Å². The van der Waals surface area contributed by atoms with Crippen LogP contribution in [0.5, 0.6) is 0 Å². The Labute approximate surface area is 69.5 Å². The van der Waals surface area contributed by atoms with Gasteiger partial charge in [-0.25, -0.2) is 0 Å². The SMILES string of the molecule is Br.C[CH2][Al][C](C)(C)C. The predicted octanol–water partition coefficient (Wildman–Crippen LogP) is 2.93. The zero-order valence-electron chi connectivity index (χ0n) is 6.19. The van der Waals surface area contributed by atoms with Gasteiger partial charge in [0.1, 0.15) is 0 Å². The average molecular weight is 194 g/mol. The highest BCUT2D eigenvalue weighted by Gasteiger charge is 2.08. The standard InChI is InChI=1S/C4H9.C2H5.Al.BrH/c1-4(2)3;1-2;;/h1-3H3;1H2,2H3;;1H. The van der Waals surface area contributed by atoms with Gasteiger partial charge in [-0.3, -0.25) is 0 Å². The van der Waals surface area contributed by atoms with Crippen LogP contribution in [0.15, 0.2) is 0 Å². The van der Waals surface area contributed by atoms with Crippen LogP contribution >= 0.6 is 17.0 Å². The van der Waals surface area contributed by atoms with Crippen molar-refractivity contribution in [3.8, 4) is 0 Å². The van der Waals surface area contributed by atoms with Crippen LogP contribution in [0.1, 0.15) is 27.7 Å². The first-order chi connectivity index (χ1) is 3.06. The van der Waals surface area contributed by atoms with Gasteiger partial charge in [-0.05, 0) is 0 Å². The Hall–Kier alpha value is 1.01. The van der Waals surface area contributed by atoms with Gasteiger partial charge in [0.15, 0.2) is 0 Å². The van der Waals surface area contributed by atoms with Crippen LogP contribution in [0.4, 0.5) is 0 Å². The Morgan fingerprint density at radius 2 is 1.62 bits per heavy atom. The minimum atomic E-state index is 0. The van der Waals surface area contributed by atoms with Gasteiger partial charge in [0.05, 0.1) is 0 Å².